The number of aliphatic carboxylic acids is 1. The monoisotopic (exact) mass is 510 g/mol. The Labute approximate surface area is 219 Å². The maximum absolute atomic E-state index is 13.6. The summed E-state index contributed by atoms with van der Waals surface area (Å²) in [6, 6.07) is 5.14. The number of benzene rings is 1. The topological polar surface area (TPSA) is 113 Å². The number of aliphatic hydroxyl groups excluding tert-OH is 1. The van der Waals surface area contributed by atoms with Crippen LogP contribution in [0.25, 0.3) is 0 Å². The van der Waals surface area contributed by atoms with Crippen LogP contribution in [-0.2, 0) is 20.9 Å². The molecule has 1 heterocycles. The maximum atomic E-state index is 13.6. The fourth-order valence-corrected chi connectivity index (χ4v) is 8.63. The number of rotatable bonds is 5. The quantitative estimate of drug-likeness (QED) is 0.411. The SMILES string of the molecule is C=C[C@]1(C)C[C@@H](C(Oc2ccc3c(c2)B(O)OC3)C(=O)O)[C@@]2(C)[C@H](C)CC[C@]3(CCC(=O)[C@H]32)[C@@H](C)[C@@H]1O. The first-order valence-corrected chi connectivity index (χ1v) is 13.6. The summed E-state index contributed by atoms with van der Waals surface area (Å²) in [5, 5.41) is 32.5. The first kappa shape index (κ1) is 26.5. The van der Waals surface area contributed by atoms with Crippen molar-refractivity contribution in [2.24, 2.45) is 39.9 Å². The van der Waals surface area contributed by atoms with Gasteiger partial charge in [0.25, 0.3) is 0 Å². The van der Waals surface area contributed by atoms with Gasteiger partial charge in [-0.1, -0.05) is 39.8 Å². The molecule has 1 aromatic carbocycles. The van der Waals surface area contributed by atoms with Gasteiger partial charge in [-0.2, -0.15) is 0 Å². The van der Waals surface area contributed by atoms with E-state index in [4.69, 9.17) is 9.39 Å². The lowest BCUT2D eigenvalue weighted by atomic mass is 9.41. The fraction of sp³-hybridized carbons (Fsp3) is 0.655. The summed E-state index contributed by atoms with van der Waals surface area (Å²) in [6.07, 6.45) is 2.97. The van der Waals surface area contributed by atoms with Crippen molar-refractivity contribution in [1.29, 1.82) is 0 Å². The van der Waals surface area contributed by atoms with E-state index in [1.807, 2.05) is 6.92 Å². The number of hydrogen-bond acceptors (Lipinski definition) is 6. The van der Waals surface area contributed by atoms with Crippen molar-refractivity contribution in [3.05, 3.63) is 36.4 Å². The molecule has 1 aliphatic heterocycles. The van der Waals surface area contributed by atoms with Crippen molar-refractivity contribution in [2.45, 2.75) is 78.6 Å². The molecule has 7 nitrogen and oxygen atoms in total. The Morgan fingerprint density at radius 2 is 2.03 bits per heavy atom. The molecule has 37 heavy (non-hydrogen) atoms. The van der Waals surface area contributed by atoms with Crippen LogP contribution in [0.3, 0.4) is 0 Å². The number of carbonyl (C=O) groups is 2. The van der Waals surface area contributed by atoms with Crippen LogP contribution in [0.2, 0.25) is 0 Å². The summed E-state index contributed by atoms with van der Waals surface area (Å²) >= 11 is 0. The Hall–Kier alpha value is -2.16. The summed E-state index contributed by atoms with van der Waals surface area (Å²) < 4.78 is 11.6. The molecule has 1 aromatic rings. The molecule has 0 aromatic heterocycles. The first-order valence-electron chi connectivity index (χ1n) is 13.6. The lowest BCUT2D eigenvalue weighted by molar-refractivity contribution is -0.193. The lowest BCUT2D eigenvalue weighted by Gasteiger charge is -2.63. The summed E-state index contributed by atoms with van der Waals surface area (Å²) in [5.74, 6) is -1.52. The van der Waals surface area contributed by atoms with Crippen LogP contribution in [0.4, 0.5) is 0 Å². The second-order valence-electron chi connectivity index (χ2n) is 12.6. The van der Waals surface area contributed by atoms with E-state index < -0.39 is 42.0 Å². The molecule has 5 rings (SSSR count). The van der Waals surface area contributed by atoms with Crippen molar-refractivity contribution in [2.75, 3.05) is 0 Å². The number of Topliss-reactive ketones (excluding diaryl/α,β-unsaturated/α-hetero) is 1. The van der Waals surface area contributed by atoms with E-state index in [2.05, 4.69) is 27.4 Å². The standard InChI is InChI=1S/C29H39BO7/c1-6-27(4)14-20(23(26(33)34)37-19-8-7-18-15-36-30(35)21(18)13-19)28(5)16(2)9-11-29(17(3)25(27)32)12-10-22(31)24(28)29/h6-8,13,16-17,20,23-25,32,35H,1,9-12,14-15H2,2-5H3,(H,33,34)/t16-,17+,20+,23?,24+,25+,27-,28-,29+/m1/s1. The molecule has 3 aliphatic carbocycles. The van der Waals surface area contributed by atoms with Gasteiger partial charge in [0, 0.05) is 23.7 Å². The summed E-state index contributed by atoms with van der Waals surface area (Å²) in [7, 11) is -1.07. The molecule has 0 radical (unpaired) electrons. The molecule has 200 valence electrons. The smallest absolute Gasteiger partial charge is 0.478 e. The number of hydrogen-bond donors (Lipinski definition) is 3. The average molecular weight is 510 g/mol. The minimum absolute atomic E-state index is 0.0925. The highest BCUT2D eigenvalue weighted by Crippen LogP contribution is 2.69. The lowest BCUT2D eigenvalue weighted by Crippen LogP contribution is -2.63. The van der Waals surface area contributed by atoms with Crippen LogP contribution in [0.1, 0.15) is 65.4 Å². The van der Waals surface area contributed by atoms with Gasteiger partial charge in [0.2, 0.25) is 0 Å². The Kier molecular flexibility index (Phi) is 6.40. The zero-order valence-electron chi connectivity index (χ0n) is 22.3. The van der Waals surface area contributed by atoms with Gasteiger partial charge in [-0.25, -0.2) is 4.79 Å². The number of carboxylic acid groups (broad SMARTS) is 1. The highest BCUT2D eigenvalue weighted by Gasteiger charge is 2.68. The Morgan fingerprint density at radius 1 is 1.30 bits per heavy atom. The third-order valence-corrected chi connectivity index (χ3v) is 11.1. The largest absolute Gasteiger partial charge is 0.491 e. The predicted octanol–water partition coefficient (Wildman–Crippen LogP) is 3.35. The van der Waals surface area contributed by atoms with E-state index in [1.165, 1.54) is 0 Å². The van der Waals surface area contributed by atoms with Gasteiger partial charge in [0.1, 0.15) is 11.5 Å². The van der Waals surface area contributed by atoms with E-state index >= 15 is 0 Å². The van der Waals surface area contributed by atoms with Gasteiger partial charge in [-0.05, 0) is 71.5 Å². The Bertz CT molecular complexity index is 1120. The van der Waals surface area contributed by atoms with Gasteiger partial charge in [-0.3, -0.25) is 4.79 Å². The second kappa shape index (κ2) is 8.96. The minimum atomic E-state index is -1.26. The summed E-state index contributed by atoms with van der Waals surface area (Å²) in [5.41, 5.74) is -0.374. The number of aliphatic hydroxyl groups is 1. The maximum Gasteiger partial charge on any atom is 0.491 e. The molecule has 4 aliphatic rings. The van der Waals surface area contributed by atoms with Gasteiger partial charge in [0.15, 0.2) is 6.10 Å². The normalized spacial score (nSPS) is 41.8. The number of ketones is 1. The van der Waals surface area contributed by atoms with Crippen molar-refractivity contribution in [1.82, 2.24) is 0 Å². The predicted molar refractivity (Wildman–Crippen MR) is 139 cm³/mol. The van der Waals surface area contributed by atoms with E-state index in [0.717, 1.165) is 24.8 Å². The highest BCUT2D eigenvalue weighted by atomic mass is 16.5. The van der Waals surface area contributed by atoms with Crippen molar-refractivity contribution in [3.8, 4) is 5.75 Å². The van der Waals surface area contributed by atoms with E-state index in [0.29, 0.717) is 24.1 Å². The van der Waals surface area contributed by atoms with Crippen LogP contribution in [0.15, 0.2) is 30.9 Å². The van der Waals surface area contributed by atoms with E-state index in [-0.39, 0.29) is 35.6 Å². The number of carbonyl (C=O) groups excluding carboxylic acids is 1. The molecule has 3 fully saturated rings. The average Bonchev–Trinajstić information content (AvgIpc) is 3.42. The molecule has 0 saturated heterocycles. The molecule has 3 saturated carbocycles. The fourth-order valence-electron chi connectivity index (χ4n) is 8.63. The summed E-state index contributed by atoms with van der Waals surface area (Å²) in [6.45, 7) is 12.6. The van der Waals surface area contributed by atoms with Crippen LogP contribution >= 0.6 is 0 Å². The Balaban J connectivity index is 1.65. The Morgan fingerprint density at radius 3 is 2.70 bits per heavy atom. The summed E-state index contributed by atoms with van der Waals surface area (Å²) in [4.78, 5) is 26.6. The first-order chi connectivity index (χ1) is 17.4. The van der Waals surface area contributed by atoms with Crippen molar-refractivity contribution in [3.63, 3.8) is 0 Å². The third kappa shape index (κ3) is 3.74. The third-order valence-electron chi connectivity index (χ3n) is 11.1. The van der Waals surface area contributed by atoms with Crippen molar-refractivity contribution < 1.29 is 34.2 Å². The minimum Gasteiger partial charge on any atom is -0.478 e. The zero-order chi connectivity index (χ0) is 26.9. The molecule has 3 N–H and O–H groups in total. The van der Waals surface area contributed by atoms with E-state index in [1.54, 1.807) is 24.3 Å². The molecule has 8 heteroatoms. The van der Waals surface area contributed by atoms with Crippen LogP contribution in [0.5, 0.6) is 5.75 Å². The van der Waals surface area contributed by atoms with Gasteiger partial charge >= 0.3 is 13.1 Å². The van der Waals surface area contributed by atoms with Crippen LogP contribution < -0.4 is 10.2 Å². The second-order valence-corrected chi connectivity index (χ2v) is 12.6. The molecule has 1 unspecified atom stereocenters. The number of fused-ring (bicyclic) bond motifs is 1. The molecule has 0 spiro atoms. The molecule has 2 bridgehead atoms. The van der Waals surface area contributed by atoms with Gasteiger partial charge in [0.05, 0.1) is 12.7 Å². The number of ether oxygens (including phenoxy) is 1. The molecular weight excluding hydrogens is 471 g/mol. The highest BCUT2D eigenvalue weighted by molar-refractivity contribution is 6.61. The van der Waals surface area contributed by atoms with E-state index in [9.17, 15) is 24.8 Å². The number of carboxylic acids is 1. The zero-order valence-corrected chi connectivity index (χ0v) is 22.3. The van der Waals surface area contributed by atoms with Gasteiger partial charge < -0.3 is 24.6 Å². The van der Waals surface area contributed by atoms with Crippen LogP contribution in [-0.4, -0.2) is 46.3 Å². The molecule has 0 amide bonds. The molecule has 9 atom stereocenters. The van der Waals surface area contributed by atoms with Gasteiger partial charge in [-0.15, -0.1) is 6.58 Å². The molecular formula is C29H39BO7. The van der Waals surface area contributed by atoms with Crippen LogP contribution in [0, 0.1) is 39.9 Å². The van der Waals surface area contributed by atoms with Crippen molar-refractivity contribution >= 4 is 24.3 Å².